The van der Waals surface area contributed by atoms with Crippen LogP contribution >= 0.6 is 0 Å². The van der Waals surface area contributed by atoms with E-state index in [0.29, 0.717) is 12.0 Å². The quantitative estimate of drug-likeness (QED) is 0.829. The van der Waals surface area contributed by atoms with Crippen LogP contribution in [0.4, 0.5) is 0 Å². The summed E-state index contributed by atoms with van der Waals surface area (Å²) < 4.78 is 0. The van der Waals surface area contributed by atoms with E-state index in [4.69, 9.17) is 0 Å². The molecule has 3 rings (SSSR count). The highest BCUT2D eigenvalue weighted by molar-refractivity contribution is 5.62. The maximum atomic E-state index is 9.43. The normalized spacial score (nSPS) is 19.2. The molecule has 0 radical (unpaired) electrons. The van der Waals surface area contributed by atoms with Gasteiger partial charge in [-0.25, -0.2) is 0 Å². The van der Waals surface area contributed by atoms with Gasteiger partial charge in [0.25, 0.3) is 0 Å². The summed E-state index contributed by atoms with van der Waals surface area (Å²) in [7, 11) is 0. The molecular weight excluding hydrogens is 322 g/mol. The van der Waals surface area contributed by atoms with Crippen molar-refractivity contribution in [3.8, 4) is 11.1 Å². The molecule has 0 amide bonds. The van der Waals surface area contributed by atoms with Gasteiger partial charge in [-0.15, -0.1) is 0 Å². The third kappa shape index (κ3) is 5.13. The van der Waals surface area contributed by atoms with E-state index in [2.05, 4.69) is 59.0 Å². The molecule has 1 saturated heterocycles. The molecule has 1 atom stereocenters. The van der Waals surface area contributed by atoms with Gasteiger partial charge in [0.05, 0.1) is 0 Å². The van der Waals surface area contributed by atoms with Crippen LogP contribution in [0.25, 0.3) is 11.1 Å². The van der Waals surface area contributed by atoms with E-state index in [1.807, 2.05) is 12.3 Å². The molecule has 4 nitrogen and oxygen atoms in total. The summed E-state index contributed by atoms with van der Waals surface area (Å²) in [6.45, 7) is 10.1. The Balaban J connectivity index is 1.60. The van der Waals surface area contributed by atoms with Crippen LogP contribution in [0.1, 0.15) is 25.8 Å². The number of nitrogens with zero attached hydrogens (tertiary/aromatic N) is 3. The number of benzene rings is 1. The molecule has 0 spiro atoms. The van der Waals surface area contributed by atoms with Crippen molar-refractivity contribution in [1.29, 1.82) is 0 Å². The summed E-state index contributed by atoms with van der Waals surface area (Å²) in [5.74, 6) is 0.669. The molecule has 0 bridgehead atoms. The van der Waals surface area contributed by atoms with Gasteiger partial charge in [0.1, 0.15) is 0 Å². The molecule has 26 heavy (non-hydrogen) atoms. The number of aliphatic hydroxyl groups excluding tert-OH is 1. The first kappa shape index (κ1) is 19.0. The van der Waals surface area contributed by atoms with Gasteiger partial charge in [0.2, 0.25) is 0 Å². The van der Waals surface area contributed by atoms with E-state index < -0.39 is 0 Å². The zero-order chi connectivity index (χ0) is 18.4. The Morgan fingerprint density at radius 1 is 1.12 bits per heavy atom. The van der Waals surface area contributed by atoms with Gasteiger partial charge in [-0.1, -0.05) is 44.2 Å². The van der Waals surface area contributed by atoms with Crippen molar-refractivity contribution in [2.24, 2.45) is 5.92 Å². The number of rotatable bonds is 7. The van der Waals surface area contributed by atoms with Gasteiger partial charge in [-0.05, 0) is 35.1 Å². The molecule has 1 aromatic heterocycles. The molecule has 2 heterocycles. The van der Waals surface area contributed by atoms with Crippen LogP contribution in [0.15, 0.2) is 48.8 Å². The molecule has 1 aliphatic heterocycles. The Hall–Kier alpha value is -1.75. The predicted octanol–water partition coefficient (Wildman–Crippen LogP) is 3.27. The van der Waals surface area contributed by atoms with Crippen molar-refractivity contribution in [2.75, 3.05) is 32.8 Å². The lowest BCUT2D eigenvalue weighted by Crippen LogP contribution is -2.53. The fourth-order valence-corrected chi connectivity index (χ4v) is 3.83. The average molecular weight is 354 g/mol. The summed E-state index contributed by atoms with van der Waals surface area (Å²) in [4.78, 5) is 9.28. The number of hydrogen-bond donors (Lipinski definition) is 1. The molecule has 1 N–H and O–H groups in total. The number of aliphatic hydroxyl groups is 1. The first-order valence-corrected chi connectivity index (χ1v) is 9.72. The fraction of sp³-hybridized carbons (Fsp3) is 0.500. The van der Waals surface area contributed by atoms with Gasteiger partial charge in [0.15, 0.2) is 0 Å². The highest BCUT2D eigenvalue weighted by atomic mass is 16.3. The summed E-state index contributed by atoms with van der Waals surface area (Å²) in [6.07, 6.45) is 4.57. The van der Waals surface area contributed by atoms with Crippen molar-refractivity contribution in [3.05, 3.63) is 54.4 Å². The van der Waals surface area contributed by atoms with Crippen LogP contribution in [0.3, 0.4) is 0 Å². The SMILES string of the molecule is CC(C)CN1CCN(Cc2ccc(-c3cccnc3)cc2)CC1CCO. The Kier molecular flexibility index (Phi) is 6.78. The molecule has 1 aliphatic rings. The zero-order valence-corrected chi connectivity index (χ0v) is 16.0. The van der Waals surface area contributed by atoms with E-state index in [1.165, 1.54) is 11.1 Å². The Morgan fingerprint density at radius 2 is 1.92 bits per heavy atom. The van der Waals surface area contributed by atoms with Gasteiger partial charge in [-0.3, -0.25) is 14.8 Å². The molecule has 4 heteroatoms. The monoisotopic (exact) mass is 353 g/mol. The van der Waals surface area contributed by atoms with Crippen molar-refractivity contribution in [2.45, 2.75) is 32.9 Å². The van der Waals surface area contributed by atoms with Crippen molar-refractivity contribution in [3.63, 3.8) is 0 Å². The number of piperazine rings is 1. The number of pyridine rings is 1. The van der Waals surface area contributed by atoms with Crippen LogP contribution in [-0.2, 0) is 6.54 Å². The number of aromatic nitrogens is 1. The second-order valence-corrected chi connectivity index (χ2v) is 7.73. The smallest absolute Gasteiger partial charge is 0.0446 e. The number of hydrogen-bond acceptors (Lipinski definition) is 4. The third-order valence-electron chi connectivity index (χ3n) is 5.11. The lowest BCUT2D eigenvalue weighted by atomic mass is 10.0. The van der Waals surface area contributed by atoms with Crippen molar-refractivity contribution in [1.82, 2.24) is 14.8 Å². The lowest BCUT2D eigenvalue weighted by molar-refractivity contribution is 0.0477. The third-order valence-corrected chi connectivity index (χ3v) is 5.11. The van der Waals surface area contributed by atoms with Crippen LogP contribution in [0.2, 0.25) is 0 Å². The Morgan fingerprint density at radius 3 is 2.58 bits per heavy atom. The molecule has 0 aliphatic carbocycles. The second-order valence-electron chi connectivity index (χ2n) is 7.73. The second kappa shape index (κ2) is 9.26. The van der Waals surface area contributed by atoms with Crippen LogP contribution < -0.4 is 0 Å². The van der Waals surface area contributed by atoms with E-state index in [0.717, 1.165) is 44.7 Å². The highest BCUT2D eigenvalue weighted by Crippen LogP contribution is 2.21. The van der Waals surface area contributed by atoms with E-state index >= 15 is 0 Å². The predicted molar refractivity (Wildman–Crippen MR) is 107 cm³/mol. The highest BCUT2D eigenvalue weighted by Gasteiger charge is 2.26. The zero-order valence-electron chi connectivity index (χ0n) is 16.0. The molecule has 2 aromatic rings. The largest absolute Gasteiger partial charge is 0.396 e. The molecule has 140 valence electrons. The summed E-state index contributed by atoms with van der Waals surface area (Å²) in [5.41, 5.74) is 3.71. The topological polar surface area (TPSA) is 39.6 Å². The Bertz CT molecular complexity index is 657. The van der Waals surface area contributed by atoms with E-state index in [9.17, 15) is 5.11 Å². The summed E-state index contributed by atoms with van der Waals surface area (Å²) in [6, 6.07) is 13.4. The first-order chi connectivity index (χ1) is 12.7. The molecule has 0 saturated carbocycles. The van der Waals surface area contributed by atoms with Crippen molar-refractivity contribution < 1.29 is 5.11 Å². The van der Waals surface area contributed by atoms with Crippen LogP contribution in [-0.4, -0.2) is 58.7 Å². The van der Waals surface area contributed by atoms with E-state index in [-0.39, 0.29) is 6.61 Å². The van der Waals surface area contributed by atoms with Crippen LogP contribution in [0, 0.1) is 5.92 Å². The lowest BCUT2D eigenvalue weighted by Gasteiger charge is -2.42. The molecule has 1 fully saturated rings. The average Bonchev–Trinajstić information content (AvgIpc) is 2.65. The van der Waals surface area contributed by atoms with Crippen molar-refractivity contribution >= 4 is 0 Å². The van der Waals surface area contributed by atoms with Gasteiger partial charge < -0.3 is 5.11 Å². The van der Waals surface area contributed by atoms with E-state index in [1.54, 1.807) is 6.20 Å². The van der Waals surface area contributed by atoms with Gasteiger partial charge >= 0.3 is 0 Å². The molecule has 1 aromatic carbocycles. The van der Waals surface area contributed by atoms with Crippen LogP contribution in [0.5, 0.6) is 0 Å². The standard InChI is InChI=1S/C22H31N3O/c1-18(2)15-25-12-11-24(17-22(25)9-13-26)16-19-5-7-20(8-6-19)21-4-3-10-23-14-21/h3-8,10,14,18,22,26H,9,11-13,15-17H2,1-2H3. The summed E-state index contributed by atoms with van der Waals surface area (Å²) in [5, 5.41) is 9.43. The maximum Gasteiger partial charge on any atom is 0.0446 e. The summed E-state index contributed by atoms with van der Waals surface area (Å²) >= 11 is 0. The minimum atomic E-state index is 0.271. The first-order valence-electron chi connectivity index (χ1n) is 9.72. The fourth-order valence-electron chi connectivity index (χ4n) is 3.83. The minimum absolute atomic E-state index is 0.271. The molecule has 1 unspecified atom stereocenters. The van der Waals surface area contributed by atoms with Gasteiger partial charge in [-0.2, -0.15) is 0 Å². The maximum absolute atomic E-state index is 9.43. The Labute approximate surface area is 157 Å². The van der Waals surface area contributed by atoms with Gasteiger partial charge in [0, 0.05) is 57.8 Å². The molecular formula is C22H31N3O. The minimum Gasteiger partial charge on any atom is -0.396 e.